The van der Waals surface area contributed by atoms with E-state index >= 15 is 0 Å². The van der Waals surface area contributed by atoms with Gasteiger partial charge in [0.2, 0.25) is 0 Å². The number of aliphatic hydroxyl groups is 1. The molecule has 1 fully saturated rings. The molecule has 2 aliphatic rings. The van der Waals surface area contributed by atoms with E-state index in [0.717, 1.165) is 24.2 Å². The summed E-state index contributed by atoms with van der Waals surface area (Å²) >= 11 is 0. The van der Waals surface area contributed by atoms with Crippen molar-refractivity contribution in [3.8, 4) is 5.75 Å². The van der Waals surface area contributed by atoms with E-state index in [2.05, 4.69) is 5.32 Å². The van der Waals surface area contributed by atoms with E-state index in [1.165, 1.54) is 0 Å². The fourth-order valence-electron chi connectivity index (χ4n) is 2.86. The lowest BCUT2D eigenvalue weighted by molar-refractivity contribution is 0.101. The highest BCUT2D eigenvalue weighted by Crippen LogP contribution is 2.43. The minimum absolute atomic E-state index is 0.201. The third-order valence-corrected chi connectivity index (χ3v) is 4.18. The van der Waals surface area contributed by atoms with Gasteiger partial charge in [-0.3, -0.25) is 4.79 Å². The minimum Gasteiger partial charge on any atom is -0.491 e. The second-order valence-electron chi connectivity index (χ2n) is 5.80. The highest BCUT2D eigenvalue weighted by Gasteiger charge is 2.31. The second-order valence-corrected chi connectivity index (χ2v) is 5.80. The number of anilines is 1. The van der Waals surface area contributed by atoms with E-state index in [1.54, 1.807) is 18.4 Å². The Morgan fingerprint density at radius 2 is 2.09 bits per heavy atom. The van der Waals surface area contributed by atoms with Gasteiger partial charge < -0.3 is 19.6 Å². The first-order chi connectivity index (χ1) is 10.7. The first-order valence-electron chi connectivity index (χ1n) is 7.56. The number of aliphatic hydroxyl groups excluding tert-OH is 1. The maximum atomic E-state index is 12.5. The Balaban J connectivity index is 1.62. The van der Waals surface area contributed by atoms with Crippen molar-refractivity contribution < 1.29 is 19.1 Å². The SMILES string of the molecule is O=C(Nc1cccc2c1OCC[C@@H]2O)c1ccoc1C1CC1. The third-order valence-electron chi connectivity index (χ3n) is 4.18. The quantitative estimate of drug-likeness (QED) is 0.912. The number of amides is 1. The van der Waals surface area contributed by atoms with Gasteiger partial charge in [0.05, 0.1) is 30.2 Å². The molecule has 2 heterocycles. The molecule has 0 saturated heterocycles. The molecule has 1 aromatic heterocycles. The zero-order chi connectivity index (χ0) is 15.1. The monoisotopic (exact) mass is 299 g/mol. The summed E-state index contributed by atoms with van der Waals surface area (Å²) in [7, 11) is 0. The molecule has 4 rings (SSSR count). The Morgan fingerprint density at radius 3 is 2.91 bits per heavy atom. The van der Waals surface area contributed by atoms with Crippen LogP contribution in [0.1, 0.15) is 53.0 Å². The van der Waals surface area contributed by atoms with E-state index < -0.39 is 6.10 Å². The fourth-order valence-corrected chi connectivity index (χ4v) is 2.86. The van der Waals surface area contributed by atoms with Crippen LogP contribution < -0.4 is 10.1 Å². The molecule has 0 radical (unpaired) electrons. The molecule has 1 atom stereocenters. The van der Waals surface area contributed by atoms with E-state index in [9.17, 15) is 9.90 Å². The van der Waals surface area contributed by atoms with Gasteiger partial charge in [0, 0.05) is 17.9 Å². The van der Waals surface area contributed by atoms with Gasteiger partial charge >= 0.3 is 0 Å². The zero-order valence-electron chi connectivity index (χ0n) is 12.0. The summed E-state index contributed by atoms with van der Waals surface area (Å²) in [6.07, 6.45) is 3.73. The van der Waals surface area contributed by atoms with Crippen molar-refractivity contribution in [3.05, 3.63) is 47.4 Å². The van der Waals surface area contributed by atoms with Crippen LogP contribution in [-0.4, -0.2) is 17.6 Å². The van der Waals surface area contributed by atoms with Gasteiger partial charge in [-0.1, -0.05) is 12.1 Å². The second kappa shape index (κ2) is 5.18. The van der Waals surface area contributed by atoms with E-state index in [1.807, 2.05) is 12.1 Å². The van der Waals surface area contributed by atoms with Crippen molar-refractivity contribution in [2.24, 2.45) is 0 Å². The summed E-state index contributed by atoms with van der Waals surface area (Å²) in [6.45, 7) is 0.445. The van der Waals surface area contributed by atoms with Gasteiger partial charge in [0.1, 0.15) is 11.5 Å². The molecule has 0 bridgehead atoms. The number of furan rings is 1. The number of ether oxygens (including phenoxy) is 1. The molecular weight excluding hydrogens is 282 g/mol. The molecule has 114 valence electrons. The van der Waals surface area contributed by atoms with Crippen LogP contribution in [0.25, 0.3) is 0 Å². The zero-order valence-corrected chi connectivity index (χ0v) is 12.0. The van der Waals surface area contributed by atoms with Gasteiger partial charge in [0.25, 0.3) is 5.91 Å². The molecule has 0 unspecified atom stereocenters. The van der Waals surface area contributed by atoms with Crippen LogP contribution in [0.4, 0.5) is 5.69 Å². The Hall–Kier alpha value is -2.27. The summed E-state index contributed by atoms with van der Waals surface area (Å²) in [5.74, 6) is 1.50. The highest BCUT2D eigenvalue weighted by atomic mass is 16.5. The van der Waals surface area contributed by atoms with Crippen molar-refractivity contribution in [3.63, 3.8) is 0 Å². The minimum atomic E-state index is -0.545. The Morgan fingerprint density at radius 1 is 1.23 bits per heavy atom. The van der Waals surface area contributed by atoms with Crippen molar-refractivity contribution in [1.82, 2.24) is 0 Å². The smallest absolute Gasteiger partial charge is 0.259 e. The van der Waals surface area contributed by atoms with Crippen LogP contribution in [0.15, 0.2) is 34.9 Å². The predicted molar refractivity (Wildman–Crippen MR) is 80.2 cm³/mol. The Bertz CT molecular complexity index is 717. The molecule has 1 aliphatic heterocycles. The van der Waals surface area contributed by atoms with E-state index in [-0.39, 0.29) is 5.91 Å². The molecule has 1 aliphatic carbocycles. The van der Waals surface area contributed by atoms with Gasteiger partial charge in [-0.05, 0) is 25.0 Å². The van der Waals surface area contributed by atoms with Crippen LogP contribution in [0.5, 0.6) is 5.75 Å². The number of carbonyl (C=O) groups excluding carboxylic acids is 1. The van der Waals surface area contributed by atoms with Crippen molar-refractivity contribution in [2.45, 2.75) is 31.3 Å². The fraction of sp³-hybridized carbons (Fsp3) is 0.353. The lowest BCUT2D eigenvalue weighted by atomic mass is 10.0. The highest BCUT2D eigenvalue weighted by molar-refractivity contribution is 6.06. The first-order valence-corrected chi connectivity index (χ1v) is 7.56. The van der Waals surface area contributed by atoms with Crippen LogP contribution >= 0.6 is 0 Å². The molecule has 0 spiro atoms. The third kappa shape index (κ3) is 2.27. The lowest BCUT2D eigenvalue weighted by Crippen LogP contribution is -2.18. The first kappa shape index (κ1) is 13.4. The summed E-state index contributed by atoms with van der Waals surface area (Å²) in [5.41, 5.74) is 1.89. The number of hydrogen-bond donors (Lipinski definition) is 2. The summed E-state index contributed by atoms with van der Waals surface area (Å²) in [5, 5.41) is 12.9. The Labute approximate surface area is 127 Å². The molecule has 1 amide bonds. The van der Waals surface area contributed by atoms with Crippen LogP contribution in [0.2, 0.25) is 0 Å². The van der Waals surface area contributed by atoms with E-state index in [0.29, 0.717) is 35.9 Å². The number of benzene rings is 1. The Kier molecular flexibility index (Phi) is 3.15. The average Bonchev–Trinajstić information content (AvgIpc) is 3.25. The van der Waals surface area contributed by atoms with Crippen LogP contribution in [0, 0.1) is 0 Å². The van der Waals surface area contributed by atoms with Gasteiger partial charge in [0.15, 0.2) is 0 Å². The molecule has 1 saturated carbocycles. The molecule has 2 N–H and O–H groups in total. The number of hydrogen-bond acceptors (Lipinski definition) is 4. The predicted octanol–water partition coefficient (Wildman–Crippen LogP) is 3.23. The van der Waals surface area contributed by atoms with Gasteiger partial charge in [-0.2, -0.15) is 0 Å². The number of rotatable bonds is 3. The molecule has 1 aromatic carbocycles. The van der Waals surface area contributed by atoms with Crippen LogP contribution in [0.3, 0.4) is 0 Å². The number of fused-ring (bicyclic) bond motifs is 1. The van der Waals surface area contributed by atoms with Crippen LogP contribution in [-0.2, 0) is 0 Å². The van der Waals surface area contributed by atoms with Gasteiger partial charge in [-0.25, -0.2) is 0 Å². The number of nitrogens with one attached hydrogen (secondary N) is 1. The largest absolute Gasteiger partial charge is 0.491 e. The van der Waals surface area contributed by atoms with Gasteiger partial charge in [-0.15, -0.1) is 0 Å². The maximum Gasteiger partial charge on any atom is 0.259 e. The normalized spacial score (nSPS) is 20.1. The van der Waals surface area contributed by atoms with Crippen molar-refractivity contribution >= 4 is 11.6 Å². The number of carbonyl (C=O) groups is 1. The topological polar surface area (TPSA) is 71.7 Å². The standard InChI is InChI=1S/C17H17NO4/c19-14-7-9-22-16-11(14)2-1-3-13(16)18-17(20)12-6-8-21-15(12)10-4-5-10/h1-3,6,8,10,14,19H,4-5,7,9H2,(H,18,20)/t14-/m0/s1. The molecule has 2 aromatic rings. The maximum absolute atomic E-state index is 12.5. The lowest BCUT2D eigenvalue weighted by Gasteiger charge is -2.24. The van der Waals surface area contributed by atoms with Crippen molar-refractivity contribution in [2.75, 3.05) is 11.9 Å². The molecule has 5 nitrogen and oxygen atoms in total. The summed E-state index contributed by atoms with van der Waals surface area (Å²) in [6, 6.07) is 7.12. The average molecular weight is 299 g/mol. The molecule has 22 heavy (non-hydrogen) atoms. The van der Waals surface area contributed by atoms with E-state index in [4.69, 9.17) is 9.15 Å². The molecule has 5 heteroatoms. The summed E-state index contributed by atoms with van der Waals surface area (Å²) in [4.78, 5) is 12.5. The number of para-hydroxylation sites is 1. The molecular formula is C17H17NO4. The summed E-state index contributed by atoms with van der Waals surface area (Å²) < 4.78 is 11.1. The van der Waals surface area contributed by atoms with Crippen molar-refractivity contribution in [1.29, 1.82) is 0 Å².